The Labute approximate surface area is 188 Å². The van der Waals surface area contributed by atoms with Crippen molar-refractivity contribution in [3.63, 3.8) is 0 Å². The average Bonchev–Trinajstić information content (AvgIpc) is 3.16. The first-order valence-corrected chi connectivity index (χ1v) is 11.2. The van der Waals surface area contributed by atoms with Crippen LogP contribution in [0.5, 0.6) is 0 Å². The van der Waals surface area contributed by atoms with Gasteiger partial charge in [-0.05, 0) is 42.3 Å². The van der Waals surface area contributed by atoms with Crippen molar-refractivity contribution in [1.82, 2.24) is 4.57 Å². The predicted octanol–water partition coefficient (Wildman–Crippen LogP) is 6.98. The summed E-state index contributed by atoms with van der Waals surface area (Å²) in [5.74, 6) is 0.0319. The summed E-state index contributed by atoms with van der Waals surface area (Å²) in [6.45, 7) is 3.07. The summed E-state index contributed by atoms with van der Waals surface area (Å²) in [6.07, 6.45) is 0.392. The van der Waals surface area contributed by atoms with Gasteiger partial charge in [-0.15, -0.1) is 0 Å². The molecule has 0 aliphatic carbocycles. The molecule has 0 aliphatic rings. The van der Waals surface area contributed by atoms with Crippen LogP contribution >= 0.6 is 0 Å². The van der Waals surface area contributed by atoms with Gasteiger partial charge in [0.2, 0.25) is 5.91 Å². The molecule has 0 bridgehead atoms. The fraction of sp³-hybridized carbons (Fsp3) is 0.138. The number of aryl methyl sites for hydroxylation is 1. The second-order valence-corrected chi connectivity index (χ2v) is 8.12. The van der Waals surface area contributed by atoms with E-state index in [-0.39, 0.29) is 11.8 Å². The molecule has 3 heteroatoms. The summed E-state index contributed by atoms with van der Waals surface area (Å²) in [4.78, 5) is 13.1. The first-order valence-electron chi connectivity index (χ1n) is 11.2. The standard InChI is InChI=1S/C29H26N2O/c1-2-31-27-16-10-9-15-24(27)26-19-23(17-18-28(26)31)30-29(32)20-25(21-11-5-3-6-12-21)22-13-7-4-8-14-22/h3-19,25H,2,20H2,1H3,(H,30,32). The highest BCUT2D eigenvalue weighted by Crippen LogP contribution is 2.32. The molecule has 0 aliphatic heterocycles. The molecule has 1 heterocycles. The molecule has 0 saturated heterocycles. The number of carbonyl (C=O) groups excluding carboxylic acids is 1. The van der Waals surface area contributed by atoms with Crippen molar-refractivity contribution < 1.29 is 4.79 Å². The normalized spacial score (nSPS) is 11.3. The van der Waals surface area contributed by atoms with E-state index in [1.807, 2.05) is 42.5 Å². The largest absolute Gasteiger partial charge is 0.341 e. The van der Waals surface area contributed by atoms with Crippen molar-refractivity contribution in [3.8, 4) is 0 Å². The van der Waals surface area contributed by atoms with Crippen LogP contribution in [0, 0.1) is 0 Å². The van der Waals surface area contributed by atoms with Crippen LogP contribution in [0.4, 0.5) is 5.69 Å². The van der Waals surface area contributed by atoms with Gasteiger partial charge < -0.3 is 9.88 Å². The maximum Gasteiger partial charge on any atom is 0.225 e. The minimum atomic E-state index is 0.0151. The number of carbonyl (C=O) groups is 1. The fourth-order valence-electron chi connectivity index (χ4n) is 4.67. The van der Waals surface area contributed by atoms with Crippen molar-refractivity contribution in [3.05, 3.63) is 114 Å². The highest BCUT2D eigenvalue weighted by molar-refractivity contribution is 6.09. The van der Waals surface area contributed by atoms with Gasteiger partial charge >= 0.3 is 0 Å². The highest BCUT2D eigenvalue weighted by Gasteiger charge is 2.18. The average molecular weight is 419 g/mol. The van der Waals surface area contributed by atoms with E-state index in [4.69, 9.17) is 0 Å². The number of hydrogen-bond donors (Lipinski definition) is 1. The number of fused-ring (bicyclic) bond motifs is 3. The first-order chi connectivity index (χ1) is 15.7. The minimum absolute atomic E-state index is 0.0151. The van der Waals surface area contributed by atoms with E-state index in [1.54, 1.807) is 0 Å². The number of amides is 1. The van der Waals surface area contributed by atoms with E-state index in [0.29, 0.717) is 6.42 Å². The number of nitrogens with zero attached hydrogens (tertiary/aromatic N) is 1. The number of hydrogen-bond acceptors (Lipinski definition) is 1. The second kappa shape index (κ2) is 8.72. The van der Waals surface area contributed by atoms with E-state index in [9.17, 15) is 4.79 Å². The Hall–Kier alpha value is -3.85. The van der Waals surface area contributed by atoms with Gasteiger partial charge in [0.25, 0.3) is 0 Å². The monoisotopic (exact) mass is 418 g/mol. The second-order valence-electron chi connectivity index (χ2n) is 8.12. The van der Waals surface area contributed by atoms with Gasteiger partial charge in [-0.1, -0.05) is 78.9 Å². The Bertz CT molecular complexity index is 1330. The lowest BCUT2D eigenvalue weighted by Crippen LogP contribution is -2.16. The molecule has 1 aromatic heterocycles. The van der Waals surface area contributed by atoms with Crippen molar-refractivity contribution in [2.45, 2.75) is 25.8 Å². The predicted molar refractivity (Wildman–Crippen MR) is 133 cm³/mol. The number of nitrogens with one attached hydrogen (secondary N) is 1. The summed E-state index contributed by atoms with van der Waals surface area (Å²) in [5, 5.41) is 5.53. The lowest BCUT2D eigenvalue weighted by molar-refractivity contribution is -0.116. The molecule has 5 aromatic rings. The van der Waals surface area contributed by atoms with Gasteiger partial charge in [0.15, 0.2) is 0 Å². The Morgan fingerprint density at radius 1 is 0.750 bits per heavy atom. The maximum absolute atomic E-state index is 13.1. The van der Waals surface area contributed by atoms with Gasteiger partial charge in [-0.2, -0.15) is 0 Å². The zero-order valence-corrected chi connectivity index (χ0v) is 18.2. The summed E-state index contributed by atoms with van der Waals surface area (Å²) in [5.41, 5.74) is 5.55. The van der Waals surface area contributed by atoms with Gasteiger partial charge in [0.1, 0.15) is 0 Å². The lowest BCUT2D eigenvalue weighted by atomic mass is 9.88. The van der Waals surface area contributed by atoms with Crippen LogP contribution in [0.1, 0.15) is 30.4 Å². The molecule has 4 aromatic carbocycles. The quantitative estimate of drug-likeness (QED) is 0.317. The molecule has 0 unspecified atom stereocenters. The molecule has 3 nitrogen and oxygen atoms in total. The molecule has 0 fully saturated rings. The van der Waals surface area contributed by atoms with E-state index in [1.165, 1.54) is 21.8 Å². The van der Waals surface area contributed by atoms with E-state index in [2.05, 4.69) is 77.5 Å². The fourth-order valence-corrected chi connectivity index (χ4v) is 4.67. The van der Waals surface area contributed by atoms with E-state index < -0.39 is 0 Å². The van der Waals surface area contributed by atoms with Crippen molar-refractivity contribution >= 4 is 33.4 Å². The SMILES string of the molecule is CCn1c2ccccc2c2cc(NC(=O)CC(c3ccccc3)c3ccccc3)ccc21. The number of rotatable bonds is 6. The summed E-state index contributed by atoms with van der Waals surface area (Å²) < 4.78 is 2.32. The number of para-hydroxylation sites is 1. The van der Waals surface area contributed by atoms with Gasteiger partial charge in [0.05, 0.1) is 0 Å². The molecule has 0 saturated carbocycles. The summed E-state index contributed by atoms with van der Waals surface area (Å²) >= 11 is 0. The van der Waals surface area contributed by atoms with E-state index >= 15 is 0 Å². The van der Waals surface area contributed by atoms with Gasteiger partial charge in [0, 0.05) is 46.4 Å². The Morgan fingerprint density at radius 3 is 2.00 bits per heavy atom. The third kappa shape index (κ3) is 3.78. The molecular formula is C29H26N2O. The van der Waals surface area contributed by atoms with Crippen molar-refractivity contribution in [1.29, 1.82) is 0 Å². The van der Waals surface area contributed by atoms with Crippen LogP contribution in [0.3, 0.4) is 0 Å². The molecular weight excluding hydrogens is 392 g/mol. The zero-order chi connectivity index (χ0) is 21.9. The minimum Gasteiger partial charge on any atom is -0.341 e. The molecule has 1 amide bonds. The summed E-state index contributed by atoms with van der Waals surface area (Å²) in [6, 6.07) is 35.2. The number of aromatic nitrogens is 1. The molecule has 5 rings (SSSR count). The van der Waals surface area contributed by atoms with Crippen LogP contribution in [0.25, 0.3) is 21.8 Å². The molecule has 1 N–H and O–H groups in total. The zero-order valence-electron chi connectivity index (χ0n) is 18.2. The van der Waals surface area contributed by atoms with Crippen LogP contribution in [-0.4, -0.2) is 10.5 Å². The number of anilines is 1. The van der Waals surface area contributed by atoms with Crippen molar-refractivity contribution in [2.75, 3.05) is 5.32 Å². The van der Waals surface area contributed by atoms with Crippen LogP contribution < -0.4 is 5.32 Å². The van der Waals surface area contributed by atoms with Crippen molar-refractivity contribution in [2.24, 2.45) is 0 Å². The molecule has 0 spiro atoms. The Balaban J connectivity index is 1.44. The first kappa shape index (κ1) is 20.1. The van der Waals surface area contributed by atoms with Gasteiger partial charge in [-0.25, -0.2) is 0 Å². The van der Waals surface area contributed by atoms with Crippen LogP contribution in [-0.2, 0) is 11.3 Å². The van der Waals surface area contributed by atoms with E-state index in [0.717, 1.165) is 23.4 Å². The molecule has 0 radical (unpaired) electrons. The van der Waals surface area contributed by atoms with Crippen LogP contribution in [0.15, 0.2) is 103 Å². The molecule has 32 heavy (non-hydrogen) atoms. The third-order valence-corrected chi connectivity index (χ3v) is 6.17. The Morgan fingerprint density at radius 2 is 1.34 bits per heavy atom. The summed E-state index contributed by atoms with van der Waals surface area (Å²) in [7, 11) is 0. The Kier molecular flexibility index (Phi) is 5.47. The maximum atomic E-state index is 13.1. The van der Waals surface area contributed by atoms with Gasteiger partial charge in [-0.3, -0.25) is 4.79 Å². The topological polar surface area (TPSA) is 34.0 Å². The highest BCUT2D eigenvalue weighted by atomic mass is 16.1. The smallest absolute Gasteiger partial charge is 0.225 e. The number of benzene rings is 4. The van der Waals surface area contributed by atoms with Crippen LogP contribution in [0.2, 0.25) is 0 Å². The third-order valence-electron chi connectivity index (χ3n) is 6.17. The lowest BCUT2D eigenvalue weighted by Gasteiger charge is -2.18. The molecule has 158 valence electrons. The molecule has 0 atom stereocenters.